The highest BCUT2D eigenvalue weighted by Crippen LogP contribution is 2.28. The predicted octanol–water partition coefficient (Wildman–Crippen LogP) is 3.93. The summed E-state index contributed by atoms with van der Waals surface area (Å²) in [5.74, 6) is -0.317. The van der Waals surface area contributed by atoms with Crippen LogP contribution in [0, 0.1) is 15.9 Å². The standard InChI is InChI=1S/C17H14FN3O4/c1-2-11-3-5-12(6-4-11)17-19-16(25-20-17)10-24-15-9-13(18)7-8-14(15)21(22)23/h3-9H,2,10H2,1H3. The van der Waals surface area contributed by atoms with E-state index in [1.165, 1.54) is 5.56 Å². The van der Waals surface area contributed by atoms with Gasteiger partial charge in [0.25, 0.3) is 5.89 Å². The first-order chi connectivity index (χ1) is 12.1. The van der Waals surface area contributed by atoms with Crippen LogP contribution in [0.4, 0.5) is 10.1 Å². The van der Waals surface area contributed by atoms with Crippen LogP contribution < -0.4 is 4.74 Å². The van der Waals surface area contributed by atoms with Gasteiger partial charge in [-0.3, -0.25) is 10.1 Å². The van der Waals surface area contributed by atoms with Crippen LogP contribution in [0.25, 0.3) is 11.4 Å². The van der Waals surface area contributed by atoms with E-state index in [9.17, 15) is 14.5 Å². The van der Waals surface area contributed by atoms with Crippen LogP contribution in [0.15, 0.2) is 47.0 Å². The highest BCUT2D eigenvalue weighted by atomic mass is 19.1. The molecule has 3 aromatic rings. The molecular weight excluding hydrogens is 329 g/mol. The lowest BCUT2D eigenvalue weighted by molar-refractivity contribution is -0.386. The molecule has 0 saturated carbocycles. The van der Waals surface area contributed by atoms with E-state index in [0.717, 1.165) is 30.2 Å². The molecule has 0 fully saturated rings. The Labute approximate surface area is 142 Å². The van der Waals surface area contributed by atoms with Crippen molar-refractivity contribution >= 4 is 5.69 Å². The topological polar surface area (TPSA) is 91.3 Å². The van der Waals surface area contributed by atoms with Crippen molar-refractivity contribution in [3.63, 3.8) is 0 Å². The zero-order valence-corrected chi connectivity index (χ0v) is 13.3. The van der Waals surface area contributed by atoms with E-state index in [0.29, 0.717) is 5.82 Å². The Morgan fingerprint density at radius 1 is 1.24 bits per heavy atom. The van der Waals surface area contributed by atoms with Gasteiger partial charge in [0.05, 0.1) is 4.92 Å². The Balaban J connectivity index is 1.74. The summed E-state index contributed by atoms with van der Waals surface area (Å²) in [6.45, 7) is 1.86. The predicted molar refractivity (Wildman–Crippen MR) is 86.5 cm³/mol. The minimum atomic E-state index is -0.650. The number of rotatable bonds is 6. The molecule has 7 nitrogen and oxygen atoms in total. The maximum absolute atomic E-state index is 13.3. The highest BCUT2D eigenvalue weighted by Gasteiger charge is 2.17. The normalized spacial score (nSPS) is 10.6. The summed E-state index contributed by atoms with van der Waals surface area (Å²) in [4.78, 5) is 14.5. The van der Waals surface area contributed by atoms with Crippen LogP contribution in [-0.2, 0) is 13.0 Å². The van der Waals surface area contributed by atoms with E-state index in [1.807, 2.05) is 24.3 Å². The summed E-state index contributed by atoms with van der Waals surface area (Å²) < 4.78 is 23.6. The average Bonchev–Trinajstić information content (AvgIpc) is 3.09. The van der Waals surface area contributed by atoms with Crippen LogP contribution in [0.3, 0.4) is 0 Å². The van der Waals surface area contributed by atoms with Crippen molar-refractivity contribution in [2.75, 3.05) is 0 Å². The van der Waals surface area contributed by atoms with Crippen molar-refractivity contribution in [3.8, 4) is 17.1 Å². The Morgan fingerprint density at radius 2 is 2.00 bits per heavy atom. The molecule has 0 saturated heterocycles. The van der Waals surface area contributed by atoms with E-state index in [2.05, 4.69) is 17.1 Å². The fourth-order valence-corrected chi connectivity index (χ4v) is 2.21. The molecule has 0 N–H and O–H groups in total. The number of aromatic nitrogens is 2. The third kappa shape index (κ3) is 3.79. The molecule has 0 aliphatic rings. The number of hydrogen-bond donors (Lipinski definition) is 0. The van der Waals surface area contributed by atoms with Crippen molar-refractivity contribution in [1.29, 1.82) is 0 Å². The van der Waals surface area contributed by atoms with E-state index in [1.54, 1.807) is 0 Å². The first kappa shape index (κ1) is 16.6. The fourth-order valence-electron chi connectivity index (χ4n) is 2.21. The molecule has 0 aliphatic carbocycles. The molecule has 2 aromatic carbocycles. The van der Waals surface area contributed by atoms with Crippen LogP contribution in [0.2, 0.25) is 0 Å². The van der Waals surface area contributed by atoms with Crippen LogP contribution in [0.1, 0.15) is 18.4 Å². The van der Waals surface area contributed by atoms with Crippen molar-refractivity contribution in [3.05, 3.63) is 69.9 Å². The lowest BCUT2D eigenvalue weighted by Gasteiger charge is -2.03. The van der Waals surface area contributed by atoms with Crippen molar-refractivity contribution < 1.29 is 18.6 Å². The summed E-state index contributed by atoms with van der Waals surface area (Å²) in [6.07, 6.45) is 0.929. The minimum Gasteiger partial charge on any atom is -0.477 e. The van der Waals surface area contributed by atoms with E-state index in [4.69, 9.17) is 9.26 Å². The van der Waals surface area contributed by atoms with E-state index >= 15 is 0 Å². The van der Waals surface area contributed by atoms with Gasteiger partial charge in [0, 0.05) is 17.7 Å². The van der Waals surface area contributed by atoms with Crippen molar-refractivity contribution in [1.82, 2.24) is 10.1 Å². The number of aryl methyl sites for hydroxylation is 1. The van der Waals surface area contributed by atoms with Crippen molar-refractivity contribution in [2.45, 2.75) is 20.0 Å². The third-order valence-electron chi connectivity index (χ3n) is 3.56. The zero-order valence-electron chi connectivity index (χ0n) is 13.3. The molecule has 0 aliphatic heterocycles. The lowest BCUT2D eigenvalue weighted by atomic mass is 10.1. The van der Waals surface area contributed by atoms with Crippen LogP contribution in [0.5, 0.6) is 5.75 Å². The Hall–Kier alpha value is -3.29. The van der Waals surface area contributed by atoms with Crippen LogP contribution >= 0.6 is 0 Å². The number of nitro groups is 1. The van der Waals surface area contributed by atoms with Gasteiger partial charge in [-0.05, 0) is 18.1 Å². The van der Waals surface area contributed by atoms with Gasteiger partial charge in [0.1, 0.15) is 5.82 Å². The maximum Gasteiger partial charge on any atom is 0.311 e. The molecule has 1 heterocycles. The van der Waals surface area contributed by atoms with Crippen molar-refractivity contribution in [2.24, 2.45) is 0 Å². The fraction of sp³-hybridized carbons (Fsp3) is 0.176. The van der Waals surface area contributed by atoms with Gasteiger partial charge in [0.15, 0.2) is 6.61 Å². The second-order valence-corrected chi connectivity index (χ2v) is 5.22. The second-order valence-electron chi connectivity index (χ2n) is 5.22. The molecule has 0 unspecified atom stereocenters. The summed E-state index contributed by atoms with van der Waals surface area (Å²) in [6, 6.07) is 10.7. The first-order valence-corrected chi connectivity index (χ1v) is 7.55. The van der Waals surface area contributed by atoms with Gasteiger partial charge in [0.2, 0.25) is 11.6 Å². The van der Waals surface area contributed by atoms with E-state index < -0.39 is 10.7 Å². The largest absolute Gasteiger partial charge is 0.477 e. The number of halogens is 1. The van der Waals surface area contributed by atoms with Gasteiger partial charge in [-0.25, -0.2) is 4.39 Å². The summed E-state index contributed by atoms with van der Waals surface area (Å²) in [5.41, 5.74) is 1.63. The summed E-state index contributed by atoms with van der Waals surface area (Å²) in [5, 5.41) is 14.8. The molecule has 8 heteroatoms. The molecule has 25 heavy (non-hydrogen) atoms. The summed E-state index contributed by atoms with van der Waals surface area (Å²) in [7, 11) is 0. The smallest absolute Gasteiger partial charge is 0.311 e. The average molecular weight is 343 g/mol. The highest BCUT2D eigenvalue weighted by molar-refractivity contribution is 5.54. The van der Waals surface area contributed by atoms with Gasteiger partial charge in [-0.15, -0.1) is 0 Å². The number of hydrogen-bond acceptors (Lipinski definition) is 6. The SMILES string of the molecule is CCc1ccc(-c2noc(COc3cc(F)ccc3[N+](=O)[O-])n2)cc1. The van der Waals surface area contributed by atoms with Gasteiger partial charge in [-0.1, -0.05) is 36.3 Å². The molecule has 1 aromatic heterocycles. The monoisotopic (exact) mass is 343 g/mol. The van der Waals surface area contributed by atoms with Crippen LogP contribution in [-0.4, -0.2) is 15.1 Å². The summed E-state index contributed by atoms with van der Waals surface area (Å²) >= 11 is 0. The number of benzene rings is 2. The number of nitro benzene ring substituents is 1. The lowest BCUT2D eigenvalue weighted by Crippen LogP contribution is -2.00. The maximum atomic E-state index is 13.3. The molecular formula is C17H14FN3O4. The Bertz CT molecular complexity index is 893. The zero-order chi connectivity index (χ0) is 17.8. The number of ether oxygens (including phenoxy) is 1. The third-order valence-corrected chi connectivity index (χ3v) is 3.56. The second kappa shape index (κ2) is 7.08. The first-order valence-electron chi connectivity index (χ1n) is 7.55. The van der Waals surface area contributed by atoms with E-state index in [-0.39, 0.29) is 23.9 Å². The Morgan fingerprint density at radius 3 is 2.68 bits per heavy atom. The quantitative estimate of drug-likeness (QED) is 0.497. The molecule has 0 spiro atoms. The minimum absolute atomic E-state index is 0.133. The van der Waals surface area contributed by atoms with Gasteiger partial charge in [-0.2, -0.15) is 4.98 Å². The molecule has 3 rings (SSSR count). The van der Waals surface area contributed by atoms with Gasteiger partial charge < -0.3 is 9.26 Å². The Kier molecular flexibility index (Phi) is 4.69. The molecule has 0 amide bonds. The molecule has 0 atom stereocenters. The molecule has 0 bridgehead atoms. The molecule has 0 radical (unpaired) electrons. The van der Waals surface area contributed by atoms with Gasteiger partial charge >= 0.3 is 5.69 Å². The molecule has 128 valence electrons. The number of nitrogens with zero attached hydrogens (tertiary/aromatic N) is 3.